The molecule has 0 N–H and O–H groups in total. The molecule has 0 atom stereocenters. The molecule has 0 unspecified atom stereocenters. The van der Waals surface area contributed by atoms with Crippen molar-refractivity contribution >= 4 is 34.0 Å². The molecule has 11 aromatic carbocycles. The Kier molecular flexibility index (Phi) is 16.9. The minimum atomic E-state index is 0.00256. The van der Waals surface area contributed by atoms with Crippen molar-refractivity contribution in [1.82, 2.24) is 34.1 Å². The van der Waals surface area contributed by atoms with Crippen LogP contribution in [-0.2, 0) is 46.7 Å². The average molecular weight is 1240 g/mol. The van der Waals surface area contributed by atoms with Crippen molar-refractivity contribution in [2.75, 3.05) is 0 Å². The molecule has 466 valence electrons. The van der Waals surface area contributed by atoms with Crippen molar-refractivity contribution in [3.05, 3.63) is 319 Å². The van der Waals surface area contributed by atoms with Crippen molar-refractivity contribution in [3.63, 3.8) is 0 Å². The lowest BCUT2D eigenvalue weighted by Crippen LogP contribution is -2.11. The van der Waals surface area contributed by atoms with Crippen LogP contribution >= 0.6 is 0 Å². The quantitative estimate of drug-likeness (QED) is 0.0802. The molecular formula is C86H75N7O2. The Bertz CT molecular complexity index is 5040. The van der Waals surface area contributed by atoms with Crippen LogP contribution in [0.15, 0.2) is 274 Å². The van der Waals surface area contributed by atoms with E-state index in [2.05, 4.69) is 329 Å². The zero-order chi connectivity index (χ0) is 65.2. The number of rotatable bonds is 19. The van der Waals surface area contributed by atoms with Crippen LogP contribution < -0.4 is 0 Å². The summed E-state index contributed by atoms with van der Waals surface area (Å²) in [7, 11) is 0. The van der Waals surface area contributed by atoms with Crippen LogP contribution in [0, 0.1) is 0 Å². The van der Waals surface area contributed by atoms with E-state index in [-0.39, 0.29) is 10.8 Å². The fraction of sp³-hybridized carbons (Fsp3) is 0.140. The van der Waals surface area contributed by atoms with E-state index in [1.54, 1.807) is 0 Å². The molecule has 95 heavy (non-hydrogen) atoms. The van der Waals surface area contributed by atoms with Gasteiger partial charge in [-0.15, -0.1) is 20.4 Å². The van der Waals surface area contributed by atoms with Gasteiger partial charge >= 0.3 is 0 Å². The largest absolute Gasteiger partial charge is 0.372 e. The predicted octanol–water partition coefficient (Wildman–Crippen LogP) is 21.3. The minimum Gasteiger partial charge on any atom is -0.372 e. The zero-order valence-electron chi connectivity index (χ0n) is 54.7. The van der Waals surface area contributed by atoms with Crippen LogP contribution in [0.25, 0.3) is 119 Å². The van der Waals surface area contributed by atoms with Crippen LogP contribution in [0.1, 0.15) is 86.1 Å². The first kappa shape index (κ1) is 61.4. The van der Waals surface area contributed by atoms with Crippen molar-refractivity contribution < 1.29 is 9.47 Å². The maximum atomic E-state index is 6.13. The predicted molar refractivity (Wildman–Crippen MR) is 391 cm³/mol. The Morgan fingerprint density at radius 2 is 0.642 bits per heavy atom. The van der Waals surface area contributed by atoms with Crippen molar-refractivity contribution in [2.24, 2.45) is 0 Å². The molecule has 3 aromatic heterocycles. The second-order valence-electron chi connectivity index (χ2n) is 26.5. The van der Waals surface area contributed by atoms with Gasteiger partial charge in [-0.3, -0.25) is 9.13 Å². The standard InChI is InChI=1S/C86H75N7O2/c1-9-58-18-22-60(23-19-58)54-94-56-62-26-30-66(31-27-62)81-87-88-83(92(81)75-47-41-72(42-48-75)85(3,4)5)68-36-34-64(35-37-68)70-40-51-80-78(53-70)77-16-11-12-17-79(77)91(80)74-45-38-65(39-46-74)69-14-13-15-71(52-69)84-90-89-82(93(84)76-49-43-73(44-50-76)86(6,7)8)67-32-28-63(29-33-67)57-95-55-61-24-20-59(10-2)21-25-61/h9-53H,1-2,54-57H2,3-8H3. The fourth-order valence-electron chi connectivity index (χ4n) is 12.5. The second kappa shape index (κ2) is 26.1. The molecule has 9 nitrogen and oxygen atoms in total. The van der Waals surface area contributed by atoms with E-state index < -0.39 is 0 Å². The third kappa shape index (κ3) is 12.9. The maximum absolute atomic E-state index is 6.13. The highest BCUT2D eigenvalue weighted by molar-refractivity contribution is 6.10. The number of ether oxygens (including phenoxy) is 2. The molecule has 0 aliphatic heterocycles. The van der Waals surface area contributed by atoms with Crippen molar-refractivity contribution in [3.8, 4) is 84.9 Å². The average Bonchev–Trinajstić information content (AvgIpc) is 1.61. The molecule has 0 saturated carbocycles. The summed E-state index contributed by atoms with van der Waals surface area (Å²) in [5.41, 5.74) is 22.7. The molecule has 14 rings (SSSR count). The lowest BCUT2D eigenvalue weighted by atomic mass is 9.87. The van der Waals surface area contributed by atoms with E-state index in [9.17, 15) is 0 Å². The van der Waals surface area contributed by atoms with Crippen LogP contribution in [0.3, 0.4) is 0 Å². The molecule has 14 aromatic rings. The number of aromatic nitrogens is 7. The van der Waals surface area contributed by atoms with Gasteiger partial charge in [-0.2, -0.15) is 0 Å². The Morgan fingerprint density at radius 3 is 1.08 bits per heavy atom. The lowest BCUT2D eigenvalue weighted by molar-refractivity contribution is 0.107. The van der Waals surface area contributed by atoms with E-state index in [0.717, 1.165) is 129 Å². The Morgan fingerprint density at radius 1 is 0.305 bits per heavy atom. The van der Waals surface area contributed by atoms with Gasteiger partial charge in [0.2, 0.25) is 0 Å². The van der Waals surface area contributed by atoms with Gasteiger partial charge in [0.1, 0.15) is 0 Å². The van der Waals surface area contributed by atoms with Crippen molar-refractivity contribution in [1.29, 1.82) is 0 Å². The van der Waals surface area contributed by atoms with Gasteiger partial charge in [0.15, 0.2) is 23.3 Å². The summed E-state index contributed by atoms with van der Waals surface area (Å²) >= 11 is 0. The number of hydrogen-bond donors (Lipinski definition) is 0. The summed E-state index contributed by atoms with van der Waals surface area (Å²) in [6, 6.07) is 92.8. The molecule has 0 bridgehead atoms. The molecule has 0 saturated heterocycles. The summed E-state index contributed by atoms with van der Waals surface area (Å²) in [5, 5.41) is 22.0. The summed E-state index contributed by atoms with van der Waals surface area (Å²) in [6.07, 6.45) is 3.70. The van der Waals surface area contributed by atoms with Crippen LogP contribution in [0.4, 0.5) is 0 Å². The molecule has 0 spiro atoms. The summed E-state index contributed by atoms with van der Waals surface area (Å²) in [5.74, 6) is 3.05. The Balaban J connectivity index is 0.724. The van der Waals surface area contributed by atoms with E-state index in [1.807, 2.05) is 12.2 Å². The number of hydrogen-bond acceptors (Lipinski definition) is 6. The van der Waals surface area contributed by atoms with E-state index in [4.69, 9.17) is 29.9 Å². The SMILES string of the molecule is C=Cc1ccc(COCc2ccc(-c3nnc(-c4ccc(-c5ccc6c(c5)c5ccccc5n6-c5ccc(-c6cccc(-c7nnc(-c8ccc(COCc9ccc(C=C)cc9)cc8)n7-c7ccc(C(C)(C)C)cc7)c6)cc5)cc4)n3-c3ccc(C(C)(C)C)cc3)cc2)cc1. The van der Waals surface area contributed by atoms with Gasteiger partial charge in [-0.25, -0.2) is 0 Å². The number of nitrogens with zero attached hydrogens (tertiary/aromatic N) is 7. The van der Waals surface area contributed by atoms with Gasteiger partial charge < -0.3 is 14.0 Å². The Hall–Kier alpha value is -11.1. The maximum Gasteiger partial charge on any atom is 0.168 e. The first-order chi connectivity index (χ1) is 46.2. The monoisotopic (exact) mass is 1240 g/mol. The fourth-order valence-corrected chi connectivity index (χ4v) is 12.5. The molecule has 3 heterocycles. The van der Waals surface area contributed by atoms with Gasteiger partial charge in [-0.05, 0) is 138 Å². The molecule has 0 aliphatic carbocycles. The van der Waals surface area contributed by atoms with E-state index >= 15 is 0 Å². The minimum absolute atomic E-state index is 0.00256. The molecule has 9 heteroatoms. The highest BCUT2D eigenvalue weighted by atomic mass is 16.5. The summed E-state index contributed by atoms with van der Waals surface area (Å²) in [4.78, 5) is 0. The molecular weight excluding hydrogens is 1160 g/mol. The topological polar surface area (TPSA) is 84.8 Å². The third-order valence-electron chi connectivity index (χ3n) is 18.0. The molecule has 0 radical (unpaired) electrons. The normalized spacial score (nSPS) is 11.8. The smallest absolute Gasteiger partial charge is 0.168 e. The van der Waals surface area contributed by atoms with Crippen molar-refractivity contribution in [2.45, 2.75) is 78.8 Å². The Labute approximate surface area is 556 Å². The first-order valence-electron chi connectivity index (χ1n) is 32.5. The molecule has 0 amide bonds. The lowest BCUT2D eigenvalue weighted by Gasteiger charge is -2.20. The van der Waals surface area contributed by atoms with Gasteiger partial charge in [-0.1, -0.05) is 267 Å². The molecule has 0 aliphatic rings. The van der Waals surface area contributed by atoms with Crippen LogP contribution in [0.5, 0.6) is 0 Å². The number of benzene rings is 11. The van der Waals surface area contributed by atoms with Crippen LogP contribution in [0.2, 0.25) is 0 Å². The van der Waals surface area contributed by atoms with Gasteiger partial charge in [0.25, 0.3) is 0 Å². The summed E-state index contributed by atoms with van der Waals surface area (Å²) < 4.78 is 19.0. The van der Waals surface area contributed by atoms with Gasteiger partial charge in [0.05, 0.1) is 37.5 Å². The number of fused-ring (bicyclic) bond motifs is 3. The zero-order valence-corrected chi connectivity index (χ0v) is 54.7. The highest BCUT2D eigenvalue weighted by Crippen LogP contribution is 2.39. The molecule has 0 fully saturated rings. The van der Waals surface area contributed by atoms with E-state index in [1.165, 1.54) is 21.9 Å². The van der Waals surface area contributed by atoms with E-state index in [0.29, 0.717) is 26.4 Å². The summed E-state index contributed by atoms with van der Waals surface area (Å²) in [6.45, 7) is 23.2. The first-order valence-corrected chi connectivity index (χ1v) is 32.5. The highest BCUT2D eigenvalue weighted by Gasteiger charge is 2.23. The van der Waals surface area contributed by atoms with Crippen LogP contribution in [-0.4, -0.2) is 34.1 Å². The second-order valence-corrected chi connectivity index (χ2v) is 26.5. The number of para-hydroxylation sites is 1. The third-order valence-corrected chi connectivity index (χ3v) is 18.0. The van der Waals surface area contributed by atoms with Gasteiger partial charge in [0, 0.05) is 50.1 Å².